The Balaban J connectivity index is 1.37. The van der Waals surface area contributed by atoms with Gasteiger partial charge in [-0.3, -0.25) is 9.20 Å². The smallest absolute Gasteiger partial charge is 0.251 e. The second-order valence-corrected chi connectivity index (χ2v) is 9.08. The van der Waals surface area contributed by atoms with Crippen molar-refractivity contribution in [3.8, 4) is 22.5 Å². The molecule has 1 aliphatic rings. The van der Waals surface area contributed by atoms with E-state index in [1.54, 1.807) is 0 Å². The van der Waals surface area contributed by atoms with Crippen molar-refractivity contribution in [1.29, 1.82) is 0 Å². The summed E-state index contributed by atoms with van der Waals surface area (Å²) in [5.74, 6) is 0.832. The van der Waals surface area contributed by atoms with Crippen LogP contribution in [0.3, 0.4) is 0 Å². The fourth-order valence-electron chi connectivity index (χ4n) is 4.56. The van der Waals surface area contributed by atoms with E-state index in [0.717, 1.165) is 53.2 Å². The Morgan fingerprint density at radius 3 is 2.70 bits per heavy atom. The van der Waals surface area contributed by atoms with Gasteiger partial charge in [0.15, 0.2) is 0 Å². The van der Waals surface area contributed by atoms with Gasteiger partial charge in [-0.15, -0.1) is 0 Å². The zero-order valence-electron chi connectivity index (χ0n) is 18.7. The fourth-order valence-corrected chi connectivity index (χ4v) is 4.75. The Morgan fingerprint density at radius 2 is 1.91 bits per heavy atom. The lowest BCUT2D eigenvalue weighted by molar-refractivity contribution is 0.0949. The van der Waals surface area contributed by atoms with Crippen LogP contribution < -0.4 is 5.32 Å². The third kappa shape index (κ3) is 4.65. The number of rotatable bonds is 6. The number of hydrogen-bond donors (Lipinski definition) is 1. The highest BCUT2D eigenvalue weighted by Gasteiger charge is 2.14. The molecule has 4 aromatic rings. The molecule has 1 N–H and O–H groups in total. The number of carbonyl (C=O) groups excluding carboxylic acids is 1. The second kappa shape index (κ2) is 9.38. The summed E-state index contributed by atoms with van der Waals surface area (Å²) in [6, 6.07) is 17.8. The van der Waals surface area contributed by atoms with E-state index in [1.165, 1.54) is 12.8 Å². The van der Waals surface area contributed by atoms with Gasteiger partial charge in [-0.1, -0.05) is 35.9 Å². The van der Waals surface area contributed by atoms with Crippen LogP contribution in [0.25, 0.3) is 28.0 Å². The Bertz CT molecular complexity index is 1310. The van der Waals surface area contributed by atoms with Crippen LogP contribution in [0.1, 0.15) is 28.8 Å². The lowest BCUT2D eigenvalue weighted by Crippen LogP contribution is -2.33. The molecule has 1 fully saturated rings. The average molecular weight is 459 g/mol. The number of benzene rings is 2. The minimum Gasteiger partial charge on any atom is -0.351 e. The van der Waals surface area contributed by atoms with E-state index in [2.05, 4.69) is 37.9 Å². The molecule has 0 bridgehead atoms. The Labute approximate surface area is 199 Å². The van der Waals surface area contributed by atoms with Crippen molar-refractivity contribution in [3.05, 3.63) is 83.1 Å². The zero-order valence-corrected chi connectivity index (χ0v) is 19.5. The molecule has 1 amide bonds. The van der Waals surface area contributed by atoms with Gasteiger partial charge in [0, 0.05) is 35.4 Å². The summed E-state index contributed by atoms with van der Waals surface area (Å²) in [6.07, 6.45) is 6.49. The molecule has 33 heavy (non-hydrogen) atoms. The van der Waals surface area contributed by atoms with Crippen molar-refractivity contribution in [2.75, 3.05) is 26.2 Å². The van der Waals surface area contributed by atoms with Gasteiger partial charge in [-0.25, -0.2) is 4.98 Å². The summed E-state index contributed by atoms with van der Waals surface area (Å²) in [6.45, 7) is 5.94. The van der Waals surface area contributed by atoms with Crippen molar-refractivity contribution in [3.63, 3.8) is 0 Å². The summed E-state index contributed by atoms with van der Waals surface area (Å²) >= 11 is 6.19. The Hall–Kier alpha value is -3.15. The molecule has 3 heterocycles. The van der Waals surface area contributed by atoms with E-state index in [0.29, 0.717) is 17.1 Å². The first-order valence-corrected chi connectivity index (χ1v) is 11.8. The number of halogens is 1. The van der Waals surface area contributed by atoms with Crippen LogP contribution in [-0.2, 0) is 0 Å². The van der Waals surface area contributed by atoms with E-state index in [-0.39, 0.29) is 5.91 Å². The van der Waals surface area contributed by atoms with E-state index < -0.39 is 0 Å². The molecule has 0 saturated carbocycles. The molecule has 2 aromatic carbocycles. The predicted octanol–water partition coefficient (Wildman–Crippen LogP) is 5.46. The van der Waals surface area contributed by atoms with Crippen molar-refractivity contribution >= 4 is 23.0 Å². The average Bonchev–Trinajstić information content (AvgIpc) is 3.48. The van der Waals surface area contributed by atoms with Crippen molar-refractivity contribution in [1.82, 2.24) is 19.6 Å². The molecular weight excluding hydrogens is 432 g/mol. The molecule has 2 aromatic heterocycles. The highest BCUT2D eigenvalue weighted by atomic mass is 35.5. The second-order valence-electron chi connectivity index (χ2n) is 8.64. The van der Waals surface area contributed by atoms with Gasteiger partial charge in [0.05, 0.1) is 11.7 Å². The maximum absolute atomic E-state index is 12.6. The topological polar surface area (TPSA) is 49.6 Å². The summed E-state index contributed by atoms with van der Waals surface area (Å²) in [5.41, 5.74) is 5.91. The number of carbonyl (C=O) groups is 1. The van der Waals surface area contributed by atoms with Gasteiger partial charge in [0.25, 0.3) is 5.91 Å². The molecule has 5 rings (SSSR count). The van der Waals surface area contributed by atoms with E-state index in [1.807, 2.05) is 55.6 Å². The molecule has 0 aliphatic carbocycles. The minimum atomic E-state index is -0.0165. The van der Waals surface area contributed by atoms with Crippen molar-refractivity contribution in [2.24, 2.45) is 0 Å². The molecule has 1 aliphatic heterocycles. The summed E-state index contributed by atoms with van der Waals surface area (Å²) in [7, 11) is 0. The fraction of sp³-hybridized carbons (Fsp3) is 0.259. The standard InChI is InChI=1S/C27H27ClN4O/c1-19-15-21(27(33)29-11-14-31-12-2-3-13-31)8-10-25(19)22-7-9-24-17-30-26(32(24)18-22)20-5-4-6-23(28)16-20/h4-10,15-18H,2-3,11-14H2,1H3,(H,29,33). The molecule has 0 unspecified atom stereocenters. The van der Waals surface area contributed by atoms with Crippen LogP contribution in [0.2, 0.25) is 5.02 Å². The number of likely N-dealkylation sites (tertiary alicyclic amines) is 1. The van der Waals surface area contributed by atoms with Crippen LogP contribution in [-0.4, -0.2) is 46.4 Å². The van der Waals surface area contributed by atoms with Crippen LogP contribution in [0.5, 0.6) is 0 Å². The van der Waals surface area contributed by atoms with Gasteiger partial charge in [-0.2, -0.15) is 0 Å². The number of pyridine rings is 1. The lowest BCUT2D eigenvalue weighted by Gasteiger charge is -2.15. The zero-order chi connectivity index (χ0) is 22.8. The third-order valence-electron chi connectivity index (χ3n) is 6.32. The first-order chi connectivity index (χ1) is 16.1. The number of aryl methyl sites for hydroxylation is 1. The van der Waals surface area contributed by atoms with E-state index in [9.17, 15) is 4.79 Å². The van der Waals surface area contributed by atoms with Crippen molar-refractivity contribution in [2.45, 2.75) is 19.8 Å². The quantitative estimate of drug-likeness (QED) is 0.417. The number of imidazole rings is 1. The number of nitrogens with zero attached hydrogens (tertiary/aromatic N) is 3. The number of aromatic nitrogens is 2. The van der Waals surface area contributed by atoms with Crippen molar-refractivity contribution < 1.29 is 4.79 Å². The summed E-state index contributed by atoms with van der Waals surface area (Å²) in [5, 5.41) is 3.75. The van der Waals surface area contributed by atoms with Crippen LogP contribution in [0, 0.1) is 6.92 Å². The van der Waals surface area contributed by atoms with E-state index in [4.69, 9.17) is 11.6 Å². The number of fused-ring (bicyclic) bond motifs is 1. The Kier molecular flexibility index (Phi) is 6.16. The molecule has 5 nitrogen and oxygen atoms in total. The molecule has 0 spiro atoms. The first-order valence-electron chi connectivity index (χ1n) is 11.4. The van der Waals surface area contributed by atoms with Gasteiger partial charge in [-0.05, 0) is 79.9 Å². The summed E-state index contributed by atoms with van der Waals surface area (Å²) in [4.78, 5) is 19.6. The number of amides is 1. The normalized spacial score (nSPS) is 14.1. The minimum absolute atomic E-state index is 0.0165. The molecule has 0 atom stereocenters. The maximum atomic E-state index is 12.6. The van der Waals surface area contributed by atoms with Gasteiger partial charge < -0.3 is 10.2 Å². The Morgan fingerprint density at radius 1 is 1.06 bits per heavy atom. The highest BCUT2D eigenvalue weighted by Crippen LogP contribution is 2.28. The van der Waals surface area contributed by atoms with Gasteiger partial charge >= 0.3 is 0 Å². The number of hydrogen-bond acceptors (Lipinski definition) is 3. The monoisotopic (exact) mass is 458 g/mol. The molecule has 168 valence electrons. The first kappa shape index (κ1) is 21.7. The largest absolute Gasteiger partial charge is 0.351 e. The third-order valence-corrected chi connectivity index (χ3v) is 6.56. The van der Waals surface area contributed by atoms with Gasteiger partial charge in [0.2, 0.25) is 0 Å². The SMILES string of the molecule is Cc1cc(C(=O)NCCN2CCCC2)ccc1-c1ccc2cnc(-c3cccc(Cl)c3)n2c1. The molecule has 6 heteroatoms. The lowest BCUT2D eigenvalue weighted by atomic mass is 9.99. The molecular formula is C27H27ClN4O. The molecule has 1 saturated heterocycles. The number of nitrogens with one attached hydrogen (secondary N) is 1. The predicted molar refractivity (Wildman–Crippen MR) is 134 cm³/mol. The molecule has 0 radical (unpaired) electrons. The van der Waals surface area contributed by atoms with Crippen LogP contribution in [0.4, 0.5) is 0 Å². The van der Waals surface area contributed by atoms with Crippen LogP contribution >= 0.6 is 11.6 Å². The maximum Gasteiger partial charge on any atom is 0.251 e. The van der Waals surface area contributed by atoms with Gasteiger partial charge in [0.1, 0.15) is 5.82 Å². The van der Waals surface area contributed by atoms with Crippen LogP contribution in [0.15, 0.2) is 67.0 Å². The van der Waals surface area contributed by atoms with E-state index >= 15 is 0 Å². The highest BCUT2D eigenvalue weighted by molar-refractivity contribution is 6.30. The summed E-state index contributed by atoms with van der Waals surface area (Å²) < 4.78 is 2.08.